The third kappa shape index (κ3) is 2.90. The third-order valence-corrected chi connectivity index (χ3v) is 3.27. The highest BCUT2D eigenvalue weighted by atomic mass is 32.1. The summed E-state index contributed by atoms with van der Waals surface area (Å²) in [4.78, 5) is 0. The van der Waals surface area contributed by atoms with Crippen LogP contribution in [0.5, 0.6) is 0 Å². The highest BCUT2D eigenvalue weighted by molar-refractivity contribution is 7.07. The van der Waals surface area contributed by atoms with Crippen molar-refractivity contribution in [2.75, 3.05) is 0 Å². The quantitative estimate of drug-likeness (QED) is 0.851. The molecule has 0 aliphatic rings. The second-order valence-corrected chi connectivity index (χ2v) is 4.57. The Morgan fingerprint density at radius 3 is 2.62 bits per heavy atom. The van der Waals surface area contributed by atoms with E-state index < -0.39 is 0 Å². The molecule has 0 aliphatic heterocycles. The summed E-state index contributed by atoms with van der Waals surface area (Å²) in [5.41, 5.74) is 2.40. The number of hydrogen-bond donors (Lipinski definition) is 1. The number of benzene rings is 1. The summed E-state index contributed by atoms with van der Waals surface area (Å²) in [6.07, 6.45) is 0. The van der Waals surface area contributed by atoms with E-state index in [2.05, 4.69) is 29.1 Å². The molecule has 3 heteroatoms. The Kier molecular flexibility index (Phi) is 3.70. The highest BCUT2D eigenvalue weighted by Crippen LogP contribution is 2.16. The van der Waals surface area contributed by atoms with Crippen LogP contribution in [0.4, 0.5) is 4.39 Å². The van der Waals surface area contributed by atoms with Gasteiger partial charge in [0.15, 0.2) is 0 Å². The maximum Gasteiger partial charge on any atom is 0.123 e. The summed E-state index contributed by atoms with van der Waals surface area (Å²) in [6, 6.07) is 9.05. The van der Waals surface area contributed by atoms with Gasteiger partial charge in [0.25, 0.3) is 0 Å². The average Bonchev–Trinajstić information content (AvgIpc) is 2.81. The lowest BCUT2D eigenvalue weighted by atomic mass is 10.1. The summed E-state index contributed by atoms with van der Waals surface area (Å²) < 4.78 is 12.7. The van der Waals surface area contributed by atoms with Gasteiger partial charge in [-0.1, -0.05) is 12.1 Å². The predicted octanol–water partition coefficient (Wildman–Crippen LogP) is 3.74. The SMILES string of the molecule is CC(NCc1ccc(F)cc1)c1ccsc1. The Morgan fingerprint density at radius 2 is 2.00 bits per heavy atom. The average molecular weight is 235 g/mol. The molecule has 2 rings (SSSR count). The van der Waals surface area contributed by atoms with Crippen LogP contribution < -0.4 is 5.32 Å². The van der Waals surface area contributed by atoms with Gasteiger partial charge in [-0.15, -0.1) is 0 Å². The second-order valence-electron chi connectivity index (χ2n) is 3.79. The first kappa shape index (κ1) is 11.3. The van der Waals surface area contributed by atoms with Gasteiger partial charge in [-0.05, 0) is 47.0 Å². The van der Waals surface area contributed by atoms with Crippen molar-refractivity contribution in [2.24, 2.45) is 0 Å². The molecule has 2 aromatic rings. The van der Waals surface area contributed by atoms with Crippen molar-refractivity contribution in [1.82, 2.24) is 5.32 Å². The molecule has 1 aromatic heterocycles. The molecule has 0 saturated carbocycles. The minimum atomic E-state index is -0.186. The largest absolute Gasteiger partial charge is 0.306 e. The van der Waals surface area contributed by atoms with Gasteiger partial charge in [0.2, 0.25) is 0 Å². The fourth-order valence-electron chi connectivity index (χ4n) is 1.51. The first-order valence-electron chi connectivity index (χ1n) is 5.25. The lowest BCUT2D eigenvalue weighted by molar-refractivity contribution is 0.574. The van der Waals surface area contributed by atoms with Crippen LogP contribution in [0.3, 0.4) is 0 Å². The van der Waals surface area contributed by atoms with Crippen LogP contribution in [-0.2, 0) is 6.54 Å². The Labute approximate surface area is 98.9 Å². The van der Waals surface area contributed by atoms with Crippen LogP contribution in [0.25, 0.3) is 0 Å². The van der Waals surface area contributed by atoms with Crippen LogP contribution >= 0.6 is 11.3 Å². The van der Waals surface area contributed by atoms with Gasteiger partial charge >= 0.3 is 0 Å². The van der Waals surface area contributed by atoms with E-state index in [-0.39, 0.29) is 5.82 Å². The summed E-state index contributed by atoms with van der Waals surface area (Å²) in [5, 5.41) is 7.62. The first-order valence-corrected chi connectivity index (χ1v) is 6.20. The zero-order chi connectivity index (χ0) is 11.4. The molecule has 1 aromatic carbocycles. The maximum absolute atomic E-state index is 12.7. The van der Waals surface area contributed by atoms with Crippen molar-refractivity contribution in [3.05, 3.63) is 58.0 Å². The van der Waals surface area contributed by atoms with Crippen molar-refractivity contribution in [2.45, 2.75) is 19.5 Å². The summed E-state index contributed by atoms with van der Waals surface area (Å²) in [7, 11) is 0. The molecule has 0 spiro atoms. The predicted molar refractivity (Wildman–Crippen MR) is 66.0 cm³/mol. The van der Waals surface area contributed by atoms with Crippen LogP contribution in [-0.4, -0.2) is 0 Å². The van der Waals surface area contributed by atoms with E-state index >= 15 is 0 Å². The fraction of sp³-hybridized carbons (Fsp3) is 0.231. The summed E-state index contributed by atoms with van der Waals surface area (Å²) in [6.45, 7) is 2.89. The third-order valence-electron chi connectivity index (χ3n) is 2.57. The molecule has 16 heavy (non-hydrogen) atoms. The van der Waals surface area contributed by atoms with Crippen molar-refractivity contribution >= 4 is 11.3 Å². The topological polar surface area (TPSA) is 12.0 Å². The molecule has 0 radical (unpaired) electrons. The van der Waals surface area contributed by atoms with Gasteiger partial charge < -0.3 is 5.32 Å². The molecule has 0 amide bonds. The van der Waals surface area contributed by atoms with Crippen molar-refractivity contribution in [3.8, 4) is 0 Å². The molecular weight excluding hydrogens is 221 g/mol. The van der Waals surface area contributed by atoms with Crippen LogP contribution in [0.1, 0.15) is 24.1 Å². The number of hydrogen-bond acceptors (Lipinski definition) is 2. The van der Waals surface area contributed by atoms with E-state index in [1.54, 1.807) is 11.3 Å². The lowest BCUT2D eigenvalue weighted by Gasteiger charge is -2.12. The maximum atomic E-state index is 12.7. The Morgan fingerprint density at radius 1 is 1.25 bits per heavy atom. The molecule has 1 heterocycles. The minimum Gasteiger partial charge on any atom is -0.306 e. The van der Waals surface area contributed by atoms with E-state index in [1.807, 2.05) is 12.1 Å². The van der Waals surface area contributed by atoms with E-state index in [0.717, 1.165) is 12.1 Å². The van der Waals surface area contributed by atoms with Gasteiger partial charge in [-0.25, -0.2) is 4.39 Å². The van der Waals surface area contributed by atoms with Gasteiger partial charge in [-0.3, -0.25) is 0 Å². The Hall–Kier alpha value is -1.19. The van der Waals surface area contributed by atoms with Gasteiger partial charge in [0.05, 0.1) is 0 Å². The summed E-state index contributed by atoms with van der Waals surface area (Å²) in [5.74, 6) is -0.186. The van der Waals surface area contributed by atoms with E-state index in [0.29, 0.717) is 6.04 Å². The van der Waals surface area contributed by atoms with E-state index in [4.69, 9.17) is 0 Å². The fourth-order valence-corrected chi connectivity index (χ4v) is 2.27. The van der Waals surface area contributed by atoms with Crippen LogP contribution in [0, 0.1) is 5.82 Å². The second kappa shape index (κ2) is 5.23. The number of thiophene rings is 1. The van der Waals surface area contributed by atoms with Crippen LogP contribution in [0.15, 0.2) is 41.1 Å². The molecule has 1 N–H and O–H groups in total. The lowest BCUT2D eigenvalue weighted by Crippen LogP contribution is -2.17. The monoisotopic (exact) mass is 235 g/mol. The Balaban J connectivity index is 1.90. The van der Waals surface area contributed by atoms with Gasteiger partial charge in [-0.2, -0.15) is 11.3 Å². The zero-order valence-electron chi connectivity index (χ0n) is 9.11. The molecule has 0 aliphatic carbocycles. The molecule has 0 fully saturated rings. The summed E-state index contributed by atoms with van der Waals surface area (Å²) >= 11 is 1.70. The molecule has 1 atom stereocenters. The smallest absolute Gasteiger partial charge is 0.123 e. The van der Waals surface area contributed by atoms with E-state index in [9.17, 15) is 4.39 Å². The first-order chi connectivity index (χ1) is 7.75. The molecule has 0 bridgehead atoms. The normalized spacial score (nSPS) is 12.6. The van der Waals surface area contributed by atoms with Gasteiger partial charge in [0.1, 0.15) is 5.82 Å². The van der Waals surface area contributed by atoms with Crippen molar-refractivity contribution in [1.29, 1.82) is 0 Å². The molecule has 1 unspecified atom stereocenters. The minimum absolute atomic E-state index is 0.186. The number of rotatable bonds is 4. The number of halogens is 1. The molecular formula is C13H14FNS. The molecule has 0 saturated heterocycles. The van der Waals surface area contributed by atoms with Crippen molar-refractivity contribution < 1.29 is 4.39 Å². The highest BCUT2D eigenvalue weighted by Gasteiger charge is 2.04. The van der Waals surface area contributed by atoms with E-state index in [1.165, 1.54) is 17.7 Å². The number of nitrogens with one attached hydrogen (secondary N) is 1. The molecule has 84 valence electrons. The van der Waals surface area contributed by atoms with Crippen LogP contribution in [0.2, 0.25) is 0 Å². The Bertz CT molecular complexity index is 422. The molecule has 1 nitrogen and oxygen atoms in total. The standard InChI is InChI=1S/C13H14FNS/c1-10(12-6-7-16-9-12)15-8-11-2-4-13(14)5-3-11/h2-7,9-10,15H,8H2,1H3. The van der Waals surface area contributed by atoms with Crippen molar-refractivity contribution in [3.63, 3.8) is 0 Å². The van der Waals surface area contributed by atoms with Gasteiger partial charge in [0, 0.05) is 12.6 Å². The zero-order valence-corrected chi connectivity index (χ0v) is 9.93.